The summed E-state index contributed by atoms with van der Waals surface area (Å²) in [5.41, 5.74) is 0. The van der Waals surface area contributed by atoms with Crippen LogP contribution in [-0.2, 0) is 16.0 Å². The van der Waals surface area contributed by atoms with Gasteiger partial charge in [-0.05, 0) is 6.42 Å². The van der Waals surface area contributed by atoms with E-state index in [-0.39, 0.29) is 5.13 Å². The molecule has 0 spiro atoms. The molecule has 0 fully saturated rings. The molecule has 2 amide bonds. The maximum absolute atomic E-state index is 11.5. The number of carboxylic acid groups (broad SMARTS) is 2. The van der Waals surface area contributed by atoms with E-state index in [1.165, 1.54) is 0 Å². The van der Waals surface area contributed by atoms with Crippen LogP contribution in [0, 0.1) is 0 Å². The van der Waals surface area contributed by atoms with Crippen LogP contribution in [-0.4, -0.2) is 44.4 Å². The summed E-state index contributed by atoms with van der Waals surface area (Å²) >= 11 is 1.15. The standard InChI is InChI=1S/C9H12N4O5S/c1-2-5-12-13-9(19-5)11-8(18)10-4(7(16)17)3-6(14)15/h4H,2-3H2,1H3,(H,14,15)(H,16,17)(H2,10,11,13,18)/t4-/m1/s1. The van der Waals surface area contributed by atoms with Gasteiger partial charge in [0.05, 0.1) is 6.42 Å². The number of carbonyl (C=O) groups is 3. The fraction of sp³-hybridized carbons (Fsp3) is 0.444. The first-order chi connectivity index (χ1) is 8.92. The average Bonchev–Trinajstić information content (AvgIpc) is 2.75. The molecule has 0 aliphatic heterocycles. The van der Waals surface area contributed by atoms with Gasteiger partial charge in [0.15, 0.2) is 0 Å². The predicted octanol–water partition coefficient (Wildman–Crippen LogP) is 0.150. The topological polar surface area (TPSA) is 142 Å². The number of rotatable bonds is 6. The molecule has 19 heavy (non-hydrogen) atoms. The lowest BCUT2D eigenvalue weighted by Crippen LogP contribution is -2.44. The fourth-order valence-corrected chi connectivity index (χ4v) is 1.79. The van der Waals surface area contributed by atoms with E-state index in [9.17, 15) is 14.4 Å². The Morgan fingerprint density at radius 1 is 1.32 bits per heavy atom. The Balaban J connectivity index is 2.57. The minimum Gasteiger partial charge on any atom is -0.481 e. The Morgan fingerprint density at radius 2 is 2.00 bits per heavy atom. The summed E-state index contributed by atoms with van der Waals surface area (Å²) in [5.74, 6) is -2.75. The van der Waals surface area contributed by atoms with Crippen LogP contribution in [0.1, 0.15) is 18.4 Å². The summed E-state index contributed by atoms with van der Waals surface area (Å²) in [6.45, 7) is 1.87. The molecule has 0 aliphatic carbocycles. The van der Waals surface area contributed by atoms with E-state index in [1.54, 1.807) is 0 Å². The first-order valence-corrected chi connectivity index (χ1v) is 6.08. The van der Waals surface area contributed by atoms with Crippen molar-refractivity contribution < 1.29 is 24.6 Å². The van der Waals surface area contributed by atoms with Crippen molar-refractivity contribution in [3.05, 3.63) is 5.01 Å². The molecule has 0 saturated heterocycles. The summed E-state index contributed by atoms with van der Waals surface area (Å²) in [5, 5.41) is 30.0. The number of aryl methyl sites for hydroxylation is 1. The summed E-state index contributed by atoms with van der Waals surface area (Å²) in [6.07, 6.45) is -0.0448. The summed E-state index contributed by atoms with van der Waals surface area (Å²) in [6, 6.07) is -2.34. The third kappa shape index (κ3) is 4.87. The zero-order valence-corrected chi connectivity index (χ0v) is 10.7. The van der Waals surface area contributed by atoms with Crippen LogP contribution in [0.5, 0.6) is 0 Å². The highest BCUT2D eigenvalue weighted by Crippen LogP contribution is 2.15. The van der Waals surface area contributed by atoms with Crippen molar-refractivity contribution in [2.45, 2.75) is 25.8 Å². The van der Waals surface area contributed by atoms with E-state index in [4.69, 9.17) is 10.2 Å². The molecule has 10 heteroatoms. The molecule has 0 unspecified atom stereocenters. The first-order valence-electron chi connectivity index (χ1n) is 5.26. The zero-order valence-electron chi connectivity index (χ0n) is 9.91. The highest BCUT2D eigenvalue weighted by Gasteiger charge is 2.23. The van der Waals surface area contributed by atoms with Crippen molar-refractivity contribution in [2.24, 2.45) is 0 Å². The number of urea groups is 1. The molecular weight excluding hydrogens is 276 g/mol. The lowest BCUT2D eigenvalue weighted by atomic mass is 10.2. The van der Waals surface area contributed by atoms with E-state index in [2.05, 4.69) is 15.5 Å². The fourth-order valence-electron chi connectivity index (χ4n) is 1.11. The number of hydrogen-bond donors (Lipinski definition) is 4. The van der Waals surface area contributed by atoms with E-state index in [0.717, 1.165) is 16.3 Å². The van der Waals surface area contributed by atoms with Gasteiger partial charge >= 0.3 is 18.0 Å². The highest BCUT2D eigenvalue weighted by atomic mass is 32.1. The number of aromatic nitrogens is 2. The quantitative estimate of drug-likeness (QED) is 0.583. The molecule has 0 bridgehead atoms. The third-order valence-electron chi connectivity index (χ3n) is 1.97. The monoisotopic (exact) mass is 288 g/mol. The minimum absolute atomic E-state index is 0.216. The van der Waals surface area contributed by atoms with Gasteiger partial charge in [0.2, 0.25) is 5.13 Å². The van der Waals surface area contributed by atoms with Gasteiger partial charge in [0, 0.05) is 0 Å². The molecule has 0 radical (unpaired) electrons. The average molecular weight is 288 g/mol. The van der Waals surface area contributed by atoms with Crippen molar-refractivity contribution in [1.82, 2.24) is 15.5 Å². The third-order valence-corrected chi connectivity index (χ3v) is 2.95. The summed E-state index contributed by atoms with van der Waals surface area (Å²) < 4.78 is 0. The van der Waals surface area contributed by atoms with E-state index < -0.39 is 30.4 Å². The van der Waals surface area contributed by atoms with Crippen molar-refractivity contribution in [2.75, 3.05) is 5.32 Å². The molecule has 1 aromatic rings. The second kappa shape index (κ2) is 6.64. The van der Waals surface area contributed by atoms with Crippen molar-refractivity contribution in [3.63, 3.8) is 0 Å². The predicted molar refractivity (Wildman–Crippen MR) is 65.1 cm³/mol. The number of carboxylic acids is 2. The van der Waals surface area contributed by atoms with Crippen LogP contribution in [0.2, 0.25) is 0 Å². The zero-order chi connectivity index (χ0) is 14.4. The molecular formula is C9H12N4O5S. The first kappa shape index (κ1) is 14.8. The lowest BCUT2D eigenvalue weighted by molar-refractivity contribution is -0.145. The molecule has 0 aliphatic rings. The molecule has 1 rings (SSSR count). The number of amides is 2. The van der Waals surface area contributed by atoms with Crippen LogP contribution in [0.4, 0.5) is 9.93 Å². The SMILES string of the molecule is CCc1nnc(NC(=O)N[C@H](CC(=O)O)C(=O)O)s1. The van der Waals surface area contributed by atoms with Gasteiger partial charge in [-0.25, -0.2) is 9.59 Å². The summed E-state index contributed by atoms with van der Waals surface area (Å²) in [4.78, 5) is 32.6. The van der Waals surface area contributed by atoms with Gasteiger partial charge in [-0.3, -0.25) is 10.1 Å². The van der Waals surface area contributed by atoms with Crippen LogP contribution >= 0.6 is 11.3 Å². The largest absolute Gasteiger partial charge is 0.481 e. The van der Waals surface area contributed by atoms with Crippen molar-refractivity contribution in [1.29, 1.82) is 0 Å². The van der Waals surface area contributed by atoms with Crippen LogP contribution in [0.3, 0.4) is 0 Å². The van der Waals surface area contributed by atoms with E-state index >= 15 is 0 Å². The maximum Gasteiger partial charge on any atom is 0.326 e. The lowest BCUT2D eigenvalue weighted by Gasteiger charge is -2.11. The van der Waals surface area contributed by atoms with Gasteiger partial charge in [0.25, 0.3) is 0 Å². The van der Waals surface area contributed by atoms with Crippen LogP contribution in [0.25, 0.3) is 0 Å². The maximum atomic E-state index is 11.5. The number of aliphatic carboxylic acids is 2. The second-order valence-corrected chi connectivity index (χ2v) is 4.50. The van der Waals surface area contributed by atoms with Crippen molar-refractivity contribution >= 4 is 34.4 Å². The van der Waals surface area contributed by atoms with E-state index in [0.29, 0.717) is 6.42 Å². The molecule has 1 aromatic heterocycles. The van der Waals surface area contributed by atoms with Gasteiger partial charge in [-0.15, -0.1) is 10.2 Å². The number of carbonyl (C=O) groups excluding carboxylic acids is 1. The number of hydrogen-bond acceptors (Lipinski definition) is 6. The van der Waals surface area contributed by atoms with Crippen LogP contribution < -0.4 is 10.6 Å². The molecule has 104 valence electrons. The molecule has 1 heterocycles. The summed E-state index contributed by atoms with van der Waals surface area (Å²) in [7, 11) is 0. The van der Waals surface area contributed by atoms with Gasteiger partial charge in [0.1, 0.15) is 11.0 Å². The highest BCUT2D eigenvalue weighted by molar-refractivity contribution is 7.15. The molecule has 4 N–H and O–H groups in total. The van der Waals surface area contributed by atoms with Gasteiger partial charge < -0.3 is 15.5 Å². The molecule has 0 aromatic carbocycles. The Labute approximate surface area is 111 Å². The Kier molecular flexibility index (Phi) is 5.18. The second-order valence-electron chi connectivity index (χ2n) is 3.44. The number of nitrogens with zero attached hydrogens (tertiary/aromatic N) is 2. The minimum atomic E-state index is -1.50. The van der Waals surface area contributed by atoms with Crippen molar-refractivity contribution in [3.8, 4) is 0 Å². The molecule has 9 nitrogen and oxygen atoms in total. The van der Waals surface area contributed by atoms with Crippen LogP contribution in [0.15, 0.2) is 0 Å². The normalized spacial score (nSPS) is 11.6. The van der Waals surface area contributed by atoms with Gasteiger partial charge in [-0.2, -0.15) is 0 Å². The van der Waals surface area contributed by atoms with E-state index in [1.807, 2.05) is 12.2 Å². The number of nitrogens with one attached hydrogen (secondary N) is 2. The Hall–Kier alpha value is -2.23. The number of anilines is 1. The molecule has 1 atom stereocenters. The smallest absolute Gasteiger partial charge is 0.326 e. The Morgan fingerprint density at radius 3 is 2.47 bits per heavy atom. The van der Waals surface area contributed by atoms with Gasteiger partial charge in [-0.1, -0.05) is 18.3 Å². The Bertz CT molecular complexity index is 489. The molecule has 0 saturated carbocycles.